The molecule has 1 aromatic heterocycles. The van der Waals surface area contributed by atoms with Crippen molar-refractivity contribution in [3.8, 4) is 0 Å². The summed E-state index contributed by atoms with van der Waals surface area (Å²) in [7, 11) is -3.22. The number of rotatable bonds is 2. The van der Waals surface area contributed by atoms with Gasteiger partial charge in [-0.3, -0.25) is 0 Å². The molecule has 19 heavy (non-hydrogen) atoms. The molecule has 2 saturated carbocycles. The molecule has 4 nitrogen and oxygen atoms in total. The van der Waals surface area contributed by atoms with Gasteiger partial charge in [-0.25, -0.2) is 13.4 Å². The fraction of sp³-hybridized carbons (Fsp3) is 0.500. The maximum atomic E-state index is 11.8. The summed E-state index contributed by atoms with van der Waals surface area (Å²) in [4.78, 5) is 8.24. The number of fused-ring (bicyclic) bond motifs is 2. The number of aromatic amines is 1. The molecule has 2 unspecified atom stereocenters. The molecule has 2 atom stereocenters. The predicted octanol–water partition coefficient (Wildman–Crippen LogP) is 2.48. The Kier molecular flexibility index (Phi) is 2.17. The zero-order chi connectivity index (χ0) is 13.2. The van der Waals surface area contributed by atoms with Gasteiger partial charge in [-0.15, -0.1) is 0 Å². The SMILES string of the molecule is CS(=O)(=O)c1cccc2[nH]c(C3C4CCCC43)nc12. The summed E-state index contributed by atoms with van der Waals surface area (Å²) in [6.45, 7) is 0. The van der Waals surface area contributed by atoms with Crippen LogP contribution in [0.2, 0.25) is 0 Å². The summed E-state index contributed by atoms with van der Waals surface area (Å²) in [5, 5.41) is 0. The largest absolute Gasteiger partial charge is 0.342 e. The first-order valence-corrected chi connectivity index (χ1v) is 8.63. The Morgan fingerprint density at radius 2 is 2.00 bits per heavy atom. The van der Waals surface area contributed by atoms with E-state index in [4.69, 9.17) is 0 Å². The van der Waals surface area contributed by atoms with Gasteiger partial charge >= 0.3 is 0 Å². The van der Waals surface area contributed by atoms with Gasteiger partial charge in [-0.2, -0.15) is 0 Å². The van der Waals surface area contributed by atoms with Crippen molar-refractivity contribution in [2.24, 2.45) is 11.8 Å². The molecule has 0 bridgehead atoms. The third-order valence-electron chi connectivity index (χ3n) is 4.62. The van der Waals surface area contributed by atoms with E-state index in [-0.39, 0.29) is 0 Å². The molecule has 0 amide bonds. The molecule has 1 aromatic carbocycles. The van der Waals surface area contributed by atoms with E-state index in [0.29, 0.717) is 16.3 Å². The van der Waals surface area contributed by atoms with Gasteiger partial charge < -0.3 is 4.98 Å². The molecule has 2 aromatic rings. The maximum Gasteiger partial charge on any atom is 0.177 e. The molecule has 2 aliphatic carbocycles. The highest BCUT2D eigenvalue weighted by atomic mass is 32.2. The van der Waals surface area contributed by atoms with Crippen LogP contribution in [0, 0.1) is 11.8 Å². The molecule has 0 radical (unpaired) electrons. The van der Waals surface area contributed by atoms with Crippen molar-refractivity contribution in [3.63, 3.8) is 0 Å². The summed E-state index contributed by atoms with van der Waals surface area (Å²) in [5.74, 6) is 3.08. The second-order valence-electron chi connectivity index (χ2n) is 5.83. The van der Waals surface area contributed by atoms with Crippen LogP contribution in [-0.2, 0) is 9.84 Å². The molecule has 5 heteroatoms. The number of nitrogens with zero attached hydrogens (tertiary/aromatic N) is 1. The van der Waals surface area contributed by atoms with E-state index in [9.17, 15) is 8.42 Å². The highest BCUT2D eigenvalue weighted by Gasteiger charge is 2.54. The van der Waals surface area contributed by atoms with Crippen LogP contribution in [0.4, 0.5) is 0 Å². The van der Waals surface area contributed by atoms with E-state index in [1.165, 1.54) is 25.5 Å². The number of para-hydroxylation sites is 1. The standard InChI is InChI=1S/C14H16N2O2S/c1-19(17,18)11-7-3-6-10-13(11)16-14(15-10)12-8-4-2-5-9(8)12/h3,6-9,12H,2,4-5H2,1H3,(H,15,16). The Morgan fingerprint density at radius 3 is 2.68 bits per heavy atom. The second kappa shape index (κ2) is 3.60. The Hall–Kier alpha value is -1.36. The molecular formula is C14H16N2O2S. The molecule has 4 rings (SSSR count). The predicted molar refractivity (Wildman–Crippen MR) is 72.8 cm³/mol. The van der Waals surface area contributed by atoms with Crippen molar-refractivity contribution in [1.82, 2.24) is 9.97 Å². The first-order chi connectivity index (χ1) is 9.05. The fourth-order valence-corrected chi connectivity index (χ4v) is 4.54. The van der Waals surface area contributed by atoms with E-state index in [2.05, 4.69) is 9.97 Å². The number of nitrogens with one attached hydrogen (secondary N) is 1. The molecule has 0 saturated heterocycles. The maximum absolute atomic E-state index is 11.8. The first-order valence-electron chi connectivity index (χ1n) is 6.74. The first kappa shape index (κ1) is 11.5. The van der Waals surface area contributed by atoms with Gasteiger partial charge in [0.1, 0.15) is 11.3 Å². The van der Waals surface area contributed by atoms with Crippen LogP contribution in [0.25, 0.3) is 11.0 Å². The quantitative estimate of drug-likeness (QED) is 0.916. The van der Waals surface area contributed by atoms with Crippen LogP contribution in [0.5, 0.6) is 0 Å². The molecule has 2 fully saturated rings. The fourth-order valence-electron chi connectivity index (χ4n) is 3.71. The zero-order valence-electron chi connectivity index (χ0n) is 10.8. The number of sulfone groups is 1. The molecule has 1 heterocycles. The lowest BCUT2D eigenvalue weighted by molar-refractivity contribution is 0.602. The Labute approximate surface area is 112 Å². The molecule has 0 aliphatic heterocycles. The van der Waals surface area contributed by atoms with Crippen molar-refractivity contribution in [2.45, 2.75) is 30.1 Å². The number of hydrogen-bond acceptors (Lipinski definition) is 3. The highest BCUT2D eigenvalue weighted by molar-refractivity contribution is 7.91. The van der Waals surface area contributed by atoms with Crippen LogP contribution in [-0.4, -0.2) is 24.6 Å². The Bertz CT molecular complexity index is 753. The highest BCUT2D eigenvalue weighted by Crippen LogP contribution is 2.62. The molecule has 1 N–H and O–H groups in total. The average Bonchev–Trinajstić information content (AvgIpc) is 2.78. The van der Waals surface area contributed by atoms with E-state index in [1.807, 2.05) is 6.07 Å². The summed E-state index contributed by atoms with van der Waals surface area (Å²) < 4.78 is 23.6. The third kappa shape index (κ3) is 1.64. The summed E-state index contributed by atoms with van der Waals surface area (Å²) in [5.41, 5.74) is 1.44. The van der Waals surface area contributed by atoms with Gasteiger partial charge in [0.15, 0.2) is 9.84 Å². The zero-order valence-corrected chi connectivity index (χ0v) is 11.6. The Morgan fingerprint density at radius 1 is 1.26 bits per heavy atom. The summed E-state index contributed by atoms with van der Waals surface area (Å²) in [6.07, 6.45) is 5.17. The lowest BCUT2D eigenvalue weighted by Crippen LogP contribution is -1.97. The monoisotopic (exact) mass is 276 g/mol. The lowest BCUT2D eigenvalue weighted by Gasteiger charge is -1.98. The number of H-pyrrole nitrogens is 1. The summed E-state index contributed by atoms with van der Waals surface area (Å²) in [6, 6.07) is 5.31. The van der Waals surface area contributed by atoms with Gasteiger partial charge in [0.25, 0.3) is 0 Å². The van der Waals surface area contributed by atoms with Gasteiger partial charge in [0.05, 0.1) is 10.4 Å². The molecule has 100 valence electrons. The van der Waals surface area contributed by atoms with Crippen LogP contribution in [0.1, 0.15) is 31.0 Å². The van der Waals surface area contributed by atoms with Crippen molar-refractivity contribution in [2.75, 3.05) is 6.26 Å². The Balaban J connectivity index is 1.84. The number of aromatic nitrogens is 2. The van der Waals surface area contributed by atoms with Crippen molar-refractivity contribution in [1.29, 1.82) is 0 Å². The smallest absolute Gasteiger partial charge is 0.177 e. The molecule has 2 aliphatic rings. The number of benzene rings is 1. The minimum Gasteiger partial charge on any atom is -0.342 e. The van der Waals surface area contributed by atoms with E-state index in [1.54, 1.807) is 12.1 Å². The van der Waals surface area contributed by atoms with Crippen molar-refractivity contribution < 1.29 is 8.42 Å². The lowest BCUT2D eigenvalue weighted by atomic mass is 10.1. The normalized spacial score (nSPS) is 29.6. The summed E-state index contributed by atoms with van der Waals surface area (Å²) >= 11 is 0. The van der Waals surface area contributed by atoms with E-state index >= 15 is 0 Å². The van der Waals surface area contributed by atoms with Gasteiger partial charge in [0.2, 0.25) is 0 Å². The van der Waals surface area contributed by atoms with Crippen molar-refractivity contribution in [3.05, 3.63) is 24.0 Å². The number of hydrogen-bond donors (Lipinski definition) is 1. The van der Waals surface area contributed by atoms with Gasteiger partial charge in [-0.05, 0) is 36.8 Å². The van der Waals surface area contributed by atoms with Gasteiger partial charge in [0, 0.05) is 12.2 Å². The van der Waals surface area contributed by atoms with E-state index < -0.39 is 9.84 Å². The van der Waals surface area contributed by atoms with Crippen molar-refractivity contribution >= 4 is 20.9 Å². The van der Waals surface area contributed by atoms with Crippen LogP contribution < -0.4 is 0 Å². The minimum atomic E-state index is -3.22. The average molecular weight is 276 g/mol. The van der Waals surface area contributed by atoms with Crippen LogP contribution in [0.15, 0.2) is 23.1 Å². The van der Waals surface area contributed by atoms with Crippen LogP contribution in [0.3, 0.4) is 0 Å². The molecular weight excluding hydrogens is 260 g/mol. The molecule has 0 spiro atoms. The second-order valence-corrected chi connectivity index (χ2v) is 7.82. The van der Waals surface area contributed by atoms with Gasteiger partial charge in [-0.1, -0.05) is 12.5 Å². The minimum absolute atomic E-state index is 0.332. The third-order valence-corrected chi connectivity index (χ3v) is 5.74. The topological polar surface area (TPSA) is 62.8 Å². The van der Waals surface area contributed by atoms with Crippen LogP contribution >= 0.6 is 0 Å². The van der Waals surface area contributed by atoms with E-state index in [0.717, 1.165) is 23.2 Å². The number of imidazole rings is 1.